The molecule has 1 aliphatic carbocycles. The molecule has 9 heteroatoms. The topological polar surface area (TPSA) is 92.8 Å². The first kappa shape index (κ1) is 24.5. The quantitative estimate of drug-likeness (QED) is 0.397. The monoisotopic (exact) mass is 468 g/mol. The van der Waals surface area contributed by atoms with Crippen molar-refractivity contribution in [2.45, 2.75) is 58.3 Å². The van der Waals surface area contributed by atoms with Crippen LogP contribution in [0.5, 0.6) is 5.75 Å². The van der Waals surface area contributed by atoms with E-state index in [9.17, 15) is 22.4 Å². The lowest BCUT2D eigenvalue weighted by Gasteiger charge is -2.21. The van der Waals surface area contributed by atoms with Crippen LogP contribution in [0.1, 0.15) is 58.4 Å². The largest absolute Gasteiger partial charge is 0.490 e. The number of ether oxygens (including phenoxy) is 1. The third-order valence-corrected chi connectivity index (χ3v) is 7.71. The van der Waals surface area contributed by atoms with Crippen molar-refractivity contribution in [3.05, 3.63) is 29.6 Å². The molecule has 7 nitrogen and oxygen atoms in total. The molecule has 1 N–H and O–H groups in total. The average molecular weight is 469 g/mol. The summed E-state index contributed by atoms with van der Waals surface area (Å²) in [5.41, 5.74) is 0.244. The third kappa shape index (κ3) is 6.67. The maximum atomic E-state index is 14.2. The van der Waals surface area contributed by atoms with Gasteiger partial charge in [-0.3, -0.25) is 10.1 Å². The molecule has 3 amide bonds. The van der Waals surface area contributed by atoms with Crippen LogP contribution < -0.4 is 10.1 Å². The van der Waals surface area contributed by atoms with Gasteiger partial charge in [-0.2, -0.15) is 0 Å². The summed E-state index contributed by atoms with van der Waals surface area (Å²) in [4.78, 5) is 24.1. The van der Waals surface area contributed by atoms with Gasteiger partial charge in [0.15, 0.2) is 21.4 Å². The minimum atomic E-state index is -3.28. The van der Waals surface area contributed by atoms with Crippen LogP contribution in [-0.4, -0.2) is 56.5 Å². The zero-order valence-corrected chi connectivity index (χ0v) is 19.9. The Morgan fingerprint density at radius 3 is 2.47 bits per heavy atom. The molecule has 178 valence electrons. The molecule has 1 heterocycles. The van der Waals surface area contributed by atoms with E-state index in [-0.39, 0.29) is 41.2 Å². The van der Waals surface area contributed by atoms with E-state index in [0.717, 1.165) is 18.4 Å². The number of benzene rings is 1. The van der Waals surface area contributed by atoms with Gasteiger partial charge in [0.2, 0.25) is 5.91 Å². The number of halogens is 1. The van der Waals surface area contributed by atoms with Crippen molar-refractivity contribution in [1.29, 1.82) is 0 Å². The van der Waals surface area contributed by atoms with Crippen LogP contribution in [0.4, 0.5) is 9.18 Å². The first-order valence-electron chi connectivity index (χ1n) is 11.1. The van der Waals surface area contributed by atoms with E-state index >= 15 is 0 Å². The lowest BCUT2D eigenvalue weighted by atomic mass is 9.97. The highest BCUT2D eigenvalue weighted by Gasteiger charge is 2.47. The van der Waals surface area contributed by atoms with Crippen LogP contribution in [0.3, 0.4) is 0 Å². The van der Waals surface area contributed by atoms with Crippen molar-refractivity contribution < 1.29 is 27.1 Å². The minimum absolute atomic E-state index is 0.0490. The molecule has 0 radical (unpaired) electrons. The number of carbonyl (C=O) groups is 2. The first-order valence-corrected chi connectivity index (χ1v) is 12.9. The van der Waals surface area contributed by atoms with Crippen molar-refractivity contribution in [3.63, 3.8) is 0 Å². The molecule has 0 unspecified atom stereocenters. The van der Waals surface area contributed by atoms with Crippen molar-refractivity contribution in [2.75, 3.05) is 31.2 Å². The Morgan fingerprint density at radius 1 is 1.16 bits per heavy atom. The SMILES string of the molecule is CC(C)(C)COc1cc(C2(CS(=O)(=O)CCCCCN3CC(=O)NC3=O)CC2)ccc1F. The van der Waals surface area contributed by atoms with E-state index in [2.05, 4.69) is 5.32 Å². The Hall–Kier alpha value is -2.16. The Morgan fingerprint density at radius 2 is 1.88 bits per heavy atom. The predicted octanol–water partition coefficient (Wildman–Crippen LogP) is 3.42. The molecule has 0 spiro atoms. The van der Waals surface area contributed by atoms with Crippen molar-refractivity contribution in [1.82, 2.24) is 10.2 Å². The van der Waals surface area contributed by atoms with E-state index in [1.165, 1.54) is 11.0 Å². The summed E-state index contributed by atoms with van der Waals surface area (Å²) < 4.78 is 45.4. The van der Waals surface area contributed by atoms with E-state index in [4.69, 9.17) is 4.74 Å². The lowest BCUT2D eigenvalue weighted by molar-refractivity contribution is -0.118. The number of nitrogens with one attached hydrogen (secondary N) is 1. The molecule has 3 rings (SSSR count). The summed E-state index contributed by atoms with van der Waals surface area (Å²) in [7, 11) is -3.28. The number of sulfone groups is 1. The van der Waals surface area contributed by atoms with Gasteiger partial charge in [0.05, 0.1) is 18.1 Å². The molecule has 32 heavy (non-hydrogen) atoms. The van der Waals surface area contributed by atoms with Gasteiger partial charge in [-0.05, 0) is 48.8 Å². The van der Waals surface area contributed by atoms with Gasteiger partial charge in [-0.25, -0.2) is 17.6 Å². The zero-order valence-electron chi connectivity index (χ0n) is 19.1. The second kappa shape index (κ2) is 9.37. The van der Waals surface area contributed by atoms with Crippen molar-refractivity contribution in [2.24, 2.45) is 5.41 Å². The van der Waals surface area contributed by atoms with Gasteiger partial charge >= 0.3 is 6.03 Å². The molecular weight excluding hydrogens is 435 g/mol. The van der Waals surface area contributed by atoms with Gasteiger partial charge in [-0.15, -0.1) is 0 Å². The molecule has 0 atom stereocenters. The summed E-state index contributed by atoms with van der Waals surface area (Å²) in [6.07, 6.45) is 3.33. The Bertz CT molecular complexity index is 967. The number of urea groups is 1. The molecule has 2 fully saturated rings. The maximum Gasteiger partial charge on any atom is 0.324 e. The van der Waals surface area contributed by atoms with Gasteiger partial charge in [0.25, 0.3) is 0 Å². The smallest absolute Gasteiger partial charge is 0.324 e. The second-order valence-electron chi connectivity index (χ2n) is 10.2. The Balaban J connectivity index is 1.51. The average Bonchev–Trinajstić information content (AvgIpc) is 3.37. The normalized spacial score (nSPS) is 18.1. The summed E-state index contributed by atoms with van der Waals surface area (Å²) in [5, 5.41) is 2.22. The number of unbranched alkanes of at least 4 members (excludes halogenated alkanes) is 2. The number of hydrogen-bond donors (Lipinski definition) is 1. The van der Waals surface area contributed by atoms with E-state index < -0.39 is 21.1 Å². The fourth-order valence-corrected chi connectivity index (χ4v) is 5.95. The van der Waals surface area contributed by atoms with Crippen LogP contribution in [-0.2, 0) is 20.0 Å². The number of amides is 3. The zero-order chi connectivity index (χ0) is 23.6. The highest BCUT2D eigenvalue weighted by molar-refractivity contribution is 7.91. The number of rotatable bonds is 11. The Kier molecular flexibility index (Phi) is 7.17. The van der Waals surface area contributed by atoms with Crippen molar-refractivity contribution in [3.8, 4) is 5.75 Å². The number of hydrogen-bond acceptors (Lipinski definition) is 5. The van der Waals surface area contributed by atoms with Crippen LogP contribution in [0.2, 0.25) is 0 Å². The van der Waals surface area contributed by atoms with E-state index in [0.29, 0.717) is 32.4 Å². The molecular formula is C23H33FN2O5S. The number of carbonyl (C=O) groups excluding carboxylic acids is 2. The molecule has 0 aromatic heterocycles. The van der Waals surface area contributed by atoms with Crippen LogP contribution in [0, 0.1) is 11.2 Å². The predicted molar refractivity (Wildman–Crippen MR) is 120 cm³/mol. The summed E-state index contributed by atoms with van der Waals surface area (Å²) in [5.74, 6) is -0.447. The molecule has 1 aromatic rings. The molecule has 1 saturated heterocycles. The van der Waals surface area contributed by atoms with Crippen LogP contribution >= 0.6 is 0 Å². The number of imide groups is 1. The van der Waals surface area contributed by atoms with E-state index in [1.54, 1.807) is 12.1 Å². The van der Waals surface area contributed by atoms with Gasteiger partial charge in [0, 0.05) is 12.0 Å². The molecule has 0 bridgehead atoms. The van der Waals surface area contributed by atoms with Crippen LogP contribution in [0.15, 0.2) is 18.2 Å². The highest BCUT2D eigenvalue weighted by atomic mass is 32.2. The molecule has 1 aromatic carbocycles. The maximum absolute atomic E-state index is 14.2. The molecule has 1 aliphatic heterocycles. The van der Waals surface area contributed by atoms with Gasteiger partial charge in [0.1, 0.15) is 6.54 Å². The Labute approximate surface area is 189 Å². The fraction of sp³-hybridized carbons (Fsp3) is 0.652. The second-order valence-corrected chi connectivity index (χ2v) is 12.4. The summed E-state index contributed by atoms with van der Waals surface area (Å²) in [6.45, 7) is 6.88. The summed E-state index contributed by atoms with van der Waals surface area (Å²) >= 11 is 0. The van der Waals surface area contributed by atoms with Gasteiger partial charge in [-0.1, -0.05) is 33.3 Å². The molecule has 1 saturated carbocycles. The highest BCUT2D eigenvalue weighted by Crippen LogP contribution is 2.50. The van der Waals surface area contributed by atoms with Gasteiger partial charge < -0.3 is 9.64 Å². The standard InChI is InChI=1S/C23H33FN2O5S/c1-22(2,3)15-31-19-13-17(7-8-18(19)24)23(9-10-23)16-32(29,30)12-6-4-5-11-26-14-20(27)25-21(26)28/h7-8,13H,4-6,9-12,14-16H2,1-3H3,(H,25,27,28). The molecule has 2 aliphatic rings. The summed E-state index contributed by atoms with van der Waals surface area (Å²) in [6, 6.07) is 4.30. The van der Waals surface area contributed by atoms with Crippen molar-refractivity contribution >= 4 is 21.8 Å². The van der Waals surface area contributed by atoms with Crippen LogP contribution in [0.25, 0.3) is 0 Å². The fourth-order valence-electron chi connectivity index (χ4n) is 3.86. The minimum Gasteiger partial charge on any atom is -0.490 e. The van der Waals surface area contributed by atoms with E-state index in [1.807, 2.05) is 20.8 Å². The third-order valence-electron chi connectivity index (χ3n) is 5.81. The lowest BCUT2D eigenvalue weighted by Crippen LogP contribution is -2.29. The number of nitrogens with zero attached hydrogens (tertiary/aromatic N) is 1. The first-order chi connectivity index (χ1) is 14.9.